The monoisotopic (exact) mass is 218 g/mol. The van der Waals surface area contributed by atoms with E-state index in [0.29, 0.717) is 0 Å². The summed E-state index contributed by atoms with van der Waals surface area (Å²) in [5.74, 6) is 0. The molecular formula is C9H18N2O2S. The highest BCUT2D eigenvalue weighted by Crippen LogP contribution is 2.38. The smallest absolute Gasteiger partial charge is 0.211 e. The Morgan fingerprint density at radius 3 is 2.43 bits per heavy atom. The van der Waals surface area contributed by atoms with E-state index in [2.05, 4.69) is 5.32 Å². The topological polar surface area (TPSA) is 49.4 Å². The Hall–Kier alpha value is -0.130. The van der Waals surface area contributed by atoms with E-state index in [1.165, 1.54) is 6.26 Å². The lowest BCUT2D eigenvalue weighted by Gasteiger charge is -2.40. The van der Waals surface area contributed by atoms with Gasteiger partial charge in [0.1, 0.15) is 0 Å². The lowest BCUT2D eigenvalue weighted by atomic mass is 9.87. The molecular weight excluding hydrogens is 200 g/mol. The molecule has 5 heteroatoms. The Morgan fingerprint density at radius 1 is 1.21 bits per heavy atom. The van der Waals surface area contributed by atoms with Gasteiger partial charge in [-0.25, -0.2) is 8.42 Å². The molecule has 0 atom stereocenters. The highest BCUT2D eigenvalue weighted by atomic mass is 32.2. The van der Waals surface area contributed by atoms with Gasteiger partial charge in [0.2, 0.25) is 10.0 Å². The molecule has 0 aromatic rings. The maximum absolute atomic E-state index is 11.6. The first-order chi connectivity index (χ1) is 6.55. The standard InChI is InChI=1S/C9H18N2O2S/c1-14(12,13)11-8-2-3-9(11)4-6-10-7-5-9/h10H,2-8H2,1H3. The van der Waals surface area contributed by atoms with Crippen LogP contribution in [0.1, 0.15) is 25.7 Å². The van der Waals surface area contributed by atoms with Crippen LogP contribution in [-0.4, -0.2) is 44.2 Å². The number of hydrogen-bond acceptors (Lipinski definition) is 3. The normalized spacial score (nSPS) is 28.4. The molecule has 1 spiro atoms. The van der Waals surface area contributed by atoms with Crippen molar-refractivity contribution in [3.8, 4) is 0 Å². The minimum atomic E-state index is -3.01. The number of piperidine rings is 1. The molecule has 0 aromatic carbocycles. The summed E-state index contributed by atoms with van der Waals surface area (Å²) in [7, 11) is -3.01. The van der Waals surface area contributed by atoms with Crippen molar-refractivity contribution in [1.82, 2.24) is 9.62 Å². The maximum Gasteiger partial charge on any atom is 0.211 e. The first-order valence-corrected chi connectivity index (χ1v) is 7.08. The van der Waals surface area contributed by atoms with Gasteiger partial charge >= 0.3 is 0 Å². The summed E-state index contributed by atoms with van der Waals surface area (Å²) in [6.07, 6.45) is 5.34. The molecule has 0 amide bonds. The SMILES string of the molecule is CS(=O)(=O)N1CCCC12CCNCC2. The average Bonchev–Trinajstić information content (AvgIpc) is 2.49. The highest BCUT2D eigenvalue weighted by molar-refractivity contribution is 7.88. The van der Waals surface area contributed by atoms with Crippen LogP contribution in [0.5, 0.6) is 0 Å². The van der Waals surface area contributed by atoms with Gasteiger partial charge in [-0.05, 0) is 38.8 Å². The fourth-order valence-corrected chi connectivity index (χ4v) is 4.26. The number of nitrogens with one attached hydrogen (secondary N) is 1. The van der Waals surface area contributed by atoms with E-state index < -0.39 is 10.0 Å². The van der Waals surface area contributed by atoms with Crippen molar-refractivity contribution in [3.63, 3.8) is 0 Å². The molecule has 0 aromatic heterocycles. The second-order valence-electron chi connectivity index (χ2n) is 4.41. The fourth-order valence-electron chi connectivity index (χ4n) is 2.82. The quantitative estimate of drug-likeness (QED) is 0.682. The maximum atomic E-state index is 11.6. The second kappa shape index (κ2) is 3.47. The second-order valence-corrected chi connectivity index (χ2v) is 6.32. The van der Waals surface area contributed by atoms with Gasteiger partial charge in [-0.15, -0.1) is 0 Å². The zero-order chi connectivity index (χ0) is 10.2. The molecule has 0 bridgehead atoms. The molecule has 0 aliphatic carbocycles. The van der Waals surface area contributed by atoms with Crippen LogP contribution < -0.4 is 5.32 Å². The Bertz CT molecular complexity index is 307. The molecule has 1 N–H and O–H groups in total. The number of nitrogens with zero attached hydrogens (tertiary/aromatic N) is 1. The van der Waals surface area contributed by atoms with Crippen LogP contribution in [0.3, 0.4) is 0 Å². The van der Waals surface area contributed by atoms with Crippen LogP contribution in [0, 0.1) is 0 Å². The Kier molecular flexibility index (Phi) is 2.57. The summed E-state index contributed by atoms with van der Waals surface area (Å²) in [6.45, 7) is 2.62. The molecule has 0 radical (unpaired) electrons. The third-order valence-electron chi connectivity index (χ3n) is 3.47. The van der Waals surface area contributed by atoms with Crippen LogP contribution in [0.25, 0.3) is 0 Å². The van der Waals surface area contributed by atoms with E-state index in [4.69, 9.17) is 0 Å². The molecule has 14 heavy (non-hydrogen) atoms. The van der Waals surface area contributed by atoms with Crippen molar-refractivity contribution in [2.75, 3.05) is 25.9 Å². The summed E-state index contributed by atoms with van der Waals surface area (Å²) in [5, 5.41) is 3.29. The molecule has 2 fully saturated rings. The van der Waals surface area contributed by atoms with Crippen molar-refractivity contribution in [1.29, 1.82) is 0 Å². The Morgan fingerprint density at radius 2 is 1.86 bits per heavy atom. The molecule has 2 heterocycles. The summed E-state index contributed by atoms with van der Waals surface area (Å²) in [4.78, 5) is 0. The van der Waals surface area contributed by atoms with Crippen LogP contribution >= 0.6 is 0 Å². The van der Waals surface area contributed by atoms with Gasteiger partial charge in [0, 0.05) is 12.1 Å². The van der Waals surface area contributed by atoms with Crippen LogP contribution in [0.4, 0.5) is 0 Å². The Balaban J connectivity index is 2.24. The van der Waals surface area contributed by atoms with Gasteiger partial charge in [0.25, 0.3) is 0 Å². The van der Waals surface area contributed by atoms with Gasteiger partial charge in [-0.2, -0.15) is 4.31 Å². The molecule has 2 rings (SSSR count). The van der Waals surface area contributed by atoms with E-state index in [-0.39, 0.29) is 5.54 Å². The van der Waals surface area contributed by atoms with E-state index in [1.807, 2.05) is 0 Å². The number of hydrogen-bond donors (Lipinski definition) is 1. The minimum Gasteiger partial charge on any atom is -0.317 e. The van der Waals surface area contributed by atoms with E-state index in [1.54, 1.807) is 4.31 Å². The summed E-state index contributed by atoms with van der Waals surface area (Å²) in [6, 6.07) is 0. The third-order valence-corrected chi connectivity index (χ3v) is 4.84. The van der Waals surface area contributed by atoms with Crippen LogP contribution in [0.2, 0.25) is 0 Å². The van der Waals surface area contributed by atoms with E-state index >= 15 is 0 Å². The average molecular weight is 218 g/mol. The van der Waals surface area contributed by atoms with Gasteiger partial charge in [0.05, 0.1) is 6.26 Å². The van der Waals surface area contributed by atoms with Crippen molar-refractivity contribution >= 4 is 10.0 Å². The molecule has 2 aliphatic rings. The predicted molar refractivity (Wildman–Crippen MR) is 55.6 cm³/mol. The van der Waals surface area contributed by atoms with Gasteiger partial charge < -0.3 is 5.32 Å². The third kappa shape index (κ3) is 1.68. The lowest BCUT2D eigenvalue weighted by molar-refractivity contribution is 0.182. The van der Waals surface area contributed by atoms with Gasteiger partial charge in [-0.1, -0.05) is 0 Å². The molecule has 2 aliphatic heterocycles. The van der Waals surface area contributed by atoms with Crippen molar-refractivity contribution in [3.05, 3.63) is 0 Å². The van der Waals surface area contributed by atoms with E-state index in [0.717, 1.165) is 45.3 Å². The zero-order valence-electron chi connectivity index (χ0n) is 8.62. The molecule has 2 saturated heterocycles. The van der Waals surface area contributed by atoms with Gasteiger partial charge in [-0.3, -0.25) is 0 Å². The zero-order valence-corrected chi connectivity index (χ0v) is 9.44. The first-order valence-electron chi connectivity index (χ1n) is 5.23. The van der Waals surface area contributed by atoms with Crippen molar-refractivity contribution in [2.24, 2.45) is 0 Å². The number of sulfonamides is 1. The van der Waals surface area contributed by atoms with Crippen molar-refractivity contribution < 1.29 is 8.42 Å². The predicted octanol–water partition coefficient (Wildman–Crippen LogP) is 0.164. The molecule has 4 nitrogen and oxygen atoms in total. The van der Waals surface area contributed by atoms with Gasteiger partial charge in [0.15, 0.2) is 0 Å². The molecule has 0 saturated carbocycles. The number of rotatable bonds is 1. The fraction of sp³-hybridized carbons (Fsp3) is 1.00. The first kappa shape index (κ1) is 10.4. The summed E-state index contributed by atoms with van der Waals surface area (Å²) < 4.78 is 25.0. The summed E-state index contributed by atoms with van der Waals surface area (Å²) in [5.41, 5.74) is -0.0428. The molecule has 0 unspecified atom stereocenters. The minimum absolute atomic E-state index is 0.0428. The Labute approximate surface area is 85.7 Å². The van der Waals surface area contributed by atoms with Crippen LogP contribution in [0.15, 0.2) is 0 Å². The highest BCUT2D eigenvalue weighted by Gasteiger charge is 2.45. The van der Waals surface area contributed by atoms with Crippen molar-refractivity contribution in [2.45, 2.75) is 31.2 Å². The van der Waals surface area contributed by atoms with Crippen LogP contribution in [-0.2, 0) is 10.0 Å². The molecule has 82 valence electrons. The summed E-state index contributed by atoms with van der Waals surface area (Å²) >= 11 is 0. The lowest BCUT2D eigenvalue weighted by Crippen LogP contribution is -2.52. The van der Waals surface area contributed by atoms with E-state index in [9.17, 15) is 8.42 Å². The largest absolute Gasteiger partial charge is 0.317 e.